The number of carbonyl (C=O) groups excluding carboxylic acids is 3. The standard InChI is InChI=1S/C20H26N4O3/c1-23(8-7-13-9-21-10-13)11-14-3-2-4-15-16(14)12-24(20(15)27)17-5-6-18(25)22-19(17)26/h2-4,13,17,21H,5-12H2,1H3,(H,22,25,26). The Bertz CT molecular complexity index is 774. The van der Waals surface area contributed by atoms with Crippen LogP contribution in [-0.2, 0) is 22.7 Å². The van der Waals surface area contributed by atoms with Crippen LogP contribution in [-0.4, -0.2) is 60.2 Å². The van der Waals surface area contributed by atoms with Crippen LogP contribution in [0.3, 0.4) is 0 Å². The van der Waals surface area contributed by atoms with Crippen LogP contribution in [0.5, 0.6) is 0 Å². The topological polar surface area (TPSA) is 81.8 Å². The first-order valence-corrected chi connectivity index (χ1v) is 9.67. The van der Waals surface area contributed by atoms with E-state index in [9.17, 15) is 14.4 Å². The molecule has 4 rings (SSSR count). The maximum atomic E-state index is 12.9. The largest absolute Gasteiger partial charge is 0.322 e. The van der Waals surface area contributed by atoms with Crippen LogP contribution in [0.1, 0.15) is 40.7 Å². The minimum absolute atomic E-state index is 0.107. The summed E-state index contributed by atoms with van der Waals surface area (Å²) >= 11 is 0. The number of benzene rings is 1. The van der Waals surface area contributed by atoms with Gasteiger partial charge in [0.15, 0.2) is 0 Å². The second-order valence-corrected chi connectivity index (χ2v) is 7.89. The summed E-state index contributed by atoms with van der Waals surface area (Å²) < 4.78 is 0. The molecule has 0 aliphatic carbocycles. The zero-order valence-electron chi connectivity index (χ0n) is 15.7. The van der Waals surface area contributed by atoms with Crippen LogP contribution in [0, 0.1) is 5.92 Å². The Labute approximate surface area is 159 Å². The minimum atomic E-state index is -0.556. The van der Waals surface area contributed by atoms with Gasteiger partial charge in [0, 0.05) is 25.1 Å². The molecule has 7 heteroatoms. The van der Waals surface area contributed by atoms with Gasteiger partial charge in [0.2, 0.25) is 11.8 Å². The fourth-order valence-electron chi connectivity index (χ4n) is 4.12. The Morgan fingerprint density at radius 1 is 1.22 bits per heavy atom. The number of rotatable bonds is 6. The summed E-state index contributed by atoms with van der Waals surface area (Å²) in [6.07, 6.45) is 1.86. The molecule has 1 aromatic rings. The molecule has 1 aromatic carbocycles. The summed E-state index contributed by atoms with van der Waals surface area (Å²) in [6, 6.07) is 5.28. The highest BCUT2D eigenvalue weighted by molar-refractivity contribution is 6.05. The molecule has 2 saturated heterocycles. The first-order chi connectivity index (χ1) is 13.0. The fourth-order valence-corrected chi connectivity index (χ4v) is 4.12. The molecule has 0 spiro atoms. The predicted octanol–water partition coefficient (Wildman–Crippen LogP) is 0.489. The fraction of sp³-hybridized carbons (Fsp3) is 0.550. The summed E-state index contributed by atoms with van der Waals surface area (Å²) in [5.74, 6) is 0.0487. The molecule has 0 bridgehead atoms. The molecule has 3 heterocycles. The summed E-state index contributed by atoms with van der Waals surface area (Å²) in [5, 5.41) is 5.65. The van der Waals surface area contributed by atoms with Crippen molar-refractivity contribution in [2.45, 2.75) is 38.4 Å². The van der Waals surface area contributed by atoms with E-state index < -0.39 is 6.04 Å². The van der Waals surface area contributed by atoms with Gasteiger partial charge in [-0.05, 0) is 62.6 Å². The SMILES string of the molecule is CN(CCC1CNC1)Cc1cccc2c1CN(C1CCC(=O)NC1=O)C2=O. The molecule has 0 aromatic heterocycles. The number of nitrogens with zero attached hydrogens (tertiary/aromatic N) is 2. The smallest absolute Gasteiger partial charge is 0.255 e. The third-order valence-corrected chi connectivity index (χ3v) is 5.90. The van der Waals surface area contributed by atoms with E-state index in [0.29, 0.717) is 18.5 Å². The molecule has 0 saturated carbocycles. The molecule has 7 nitrogen and oxygen atoms in total. The molecule has 1 atom stereocenters. The van der Waals surface area contributed by atoms with Crippen LogP contribution >= 0.6 is 0 Å². The van der Waals surface area contributed by atoms with Gasteiger partial charge in [-0.25, -0.2) is 0 Å². The zero-order chi connectivity index (χ0) is 19.0. The average Bonchev–Trinajstić information content (AvgIpc) is 2.92. The minimum Gasteiger partial charge on any atom is -0.322 e. The van der Waals surface area contributed by atoms with Gasteiger partial charge < -0.3 is 15.1 Å². The number of nitrogens with one attached hydrogen (secondary N) is 2. The molecule has 27 heavy (non-hydrogen) atoms. The van der Waals surface area contributed by atoms with E-state index in [1.807, 2.05) is 12.1 Å². The average molecular weight is 370 g/mol. The molecule has 3 amide bonds. The van der Waals surface area contributed by atoms with E-state index in [-0.39, 0.29) is 24.1 Å². The van der Waals surface area contributed by atoms with E-state index in [1.54, 1.807) is 4.90 Å². The van der Waals surface area contributed by atoms with Crippen LogP contribution in [0.25, 0.3) is 0 Å². The van der Waals surface area contributed by atoms with Gasteiger partial charge in [0.1, 0.15) is 6.04 Å². The number of piperidine rings is 1. The zero-order valence-corrected chi connectivity index (χ0v) is 15.7. The maximum Gasteiger partial charge on any atom is 0.255 e. The van der Waals surface area contributed by atoms with E-state index in [0.717, 1.165) is 43.2 Å². The van der Waals surface area contributed by atoms with Crippen molar-refractivity contribution in [2.75, 3.05) is 26.7 Å². The number of hydrogen-bond acceptors (Lipinski definition) is 5. The molecule has 3 aliphatic heterocycles. The number of amides is 3. The van der Waals surface area contributed by atoms with Gasteiger partial charge in [-0.3, -0.25) is 19.7 Å². The van der Waals surface area contributed by atoms with E-state index in [4.69, 9.17) is 0 Å². The molecule has 144 valence electrons. The maximum absolute atomic E-state index is 12.9. The van der Waals surface area contributed by atoms with Crippen LogP contribution in [0.15, 0.2) is 18.2 Å². The van der Waals surface area contributed by atoms with Crippen molar-refractivity contribution in [3.63, 3.8) is 0 Å². The van der Waals surface area contributed by atoms with Gasteiger partial charge in [-0.15, -0.1) is 0 Å². The quantitative estimate of drug-likeness (QED) is 0.713. The van der Waals surface area contributed by atoms with Crippen LogP contribution in [0.2, 0.25) is 0 Å². The summed E-state index contributed by atoms with van der Waals surface area (Å²) in [6.45, 7) is 4.49. The van der Waals surface area contributed by atoms with E-state index in [2.05, 4.69) is 28.6 Å². The second kappa shape index (κ2) is 7.40. The lowest BCUT2D eigenvalue weighted by molar-refractivity contribution is -0.136. The lowest BCUT2D eigenvalue weighted by Crippen LogP contribution is -2.52. The van der Waals surface area contributed by atoms with Crippen LogP contribution < -0.4 is 10.6 Å². The van der Waals surface area contributed by atoms with Gasteiger partial charge in [-0.2, -0.15) is 0 Å². The highest BCUT2D eigenvalue weighted by Gasteiger charge is 2.39. The molecule has 0 radical (unpaired) electrons. The van der Waals surface area contributed by atoms with Crippen molar-refractivity contribution in [3.8, 4) is 0 Å². The summed E-state index contributed by atoms with van der Waals surface area (Å²) in [5.41, 5.74) is 2.85. The lowest BCUT2D eigenvalue weighted by atomic mass is 9.99. The van der Waals surface area contributed by atoms with Crippen molar-refractivity contribution >= 4 is 17.7 Å². The van der Waals surface area contributed by atoms with Gasteiger partial charge in [0.25, 0.3) is 5.91 Å². The third kappa shape index (κ3) is 3.61. The van der Waals surface area contributed by atoms with E-state index >= 15 is 0 Å². The highest BCUT2D eigenvalue weighted by atomic mass is 16.2. The normalized spacial score (nSPS) is 22.8. The Hall–Kier alpha value is -2.25. The third-order valence-electron chi connectivity index (χ3n) is 5.90. The number of imide groups is 1. The molecule has 2 fully saturated rings. The first-order valence-electron chi connectivity index (χ1n) is 9.67. The molecule has 3 aliphatic rings. The number of hydrogen-bond donors (Lipinski definition) is 2. The lowest BCUT2D eigenvalue weighted by Gasteiger charge is -2.30. The Kier molecular flexibility index (Phi) is 4.97. The van der Waals surface area contributed by atoms with Gasteiger partial charge in [0.05, 0.1) is 0 Å². The van der Waals surface area contributed by atoms with E-state index in [1.165, 1.54) is 6.42 Å². The Morgan fingerprint density at radius 3 is 2.74 bits per heavy atom. The summed E-state index contributed by atoms with van der Waals surface area (Å²) in [4.78, 5) is 40.4. The molecular weight excluding hydrogens is 344 g/mol. The Morgan fingerprint density at radius 2 is 2.04 bits per heavy atom. The van der Waals surface area contributed by atoms with Crippen molar-refractivity contribution in [1.82, 2.24) is 20.4 Å². The second-order valence-electron chi connectivity index (χ2n) is 7.89. The monoisotopic (exact) mass is 370 g/mol. The highest BCUT2D eigenvalue weighted by Crippen LogP contribution is 2.30. The van der Waals surface area contributed by atoms with Gasteiger partial charge >= 0.3 is 0 Å². The van der Waals surface area contributed by atoms with Gasteiger partial charge in [-0.1, -0.05) is 12.1 Å². The molecular formula is C20H26N4O3. The van der Waals surface area contributed by atoms with Crippen molar-refractivity contribution in [2.24, 2.45) is 5.92 Å². The summed E-state index contributed by atoms with van der Waals surface area (Å²) in [7, 11) is 2.11. The molecule has 1 unspecified atom stereocenters. The Balaban J connectivity index is 1.45. The van der Waals surface area contributed by atoms with Crippen LogP contribution in [0.4, 0.5) is 0 Å². The van der Waals surface area contributed by atoms with Crippen molar-refractivity contribution in [1.29, 1.82) is 0 Å². The predicted molar refractivity (Wildman–Crippen MR) is 99.8 cm³/mol. The van der Waals surface area contributed by atoms with Crippen molar-refractivity contribution < 1.29 is 14.4 Å². The first kappa shape index (κ1) is 18.1. The number of fused-ring (bicyclic) bond motifs is 1. The molecule has 2 N–H and O–H groups in total. The number of carbonyl (C=O) groups is 3. The van der Waals surface area contributed by atoms with Crippen molar-refractivity contribution in [3.05, 3.63) is 34.9 Å².